The number of halogens is 3. The monoisotopic (exact) mass is 286 g/mol. The molecule has 0 aromatic rings. The van der Waals surface area contributed by atoms with Gasteiger partial charge in [0, 0.05) is 17.7 Å². The van der Waals surface area contributed by atoms with Gasteiger partial charge in [-0.05, 0) is 18.6 Å². The van der Waals surface area contributed by atoms with Crippen LogP contribution >= 0.6 is 0 Å². The van der Waals surface area contributed by atoms with E-state index in [1.807, 2.05) is 5.92 Å². The van der Waals surface area contributed by atoms with Crippen molar-refractivity contribution < 1.29 is 22.8 Å². The Balaban J connectivity index is 2.90. The van der Waals surface area contributed by atoms with Crippen molar-refractivity contribution in [3.8, 4) is 11.8 Å². The fourth-order valence-corrected chi connectivity index (χ4v) is 1.70. The summed E-state index contributed by atoms with van der Waals surface area (Å²) in [5.74, 6) is 1.82. The number of alkyl halides is 3. The molecule has 0 aliphatic carbocycles. The van der Waals surface area contributed by atoms with Crippen LogP contribution < -0.4 is 5.73 Å². The van der Waals surface area contributed by atoms with Crippen molar-refractivity contribution in [3.63, 3.8) is 0 Å². The van der Waals surface area contributed by atoms with Crippen LogP contribution in [0.1, 0.15) is 19.8 Å². The van der Waals surface area contributed by atoms with E-state index in [9.17, 15) is 22.8 Å². The van der Waals surface area contributed by atoms with E-state index in [4.69, 9.17) is 5.73 Å². The zero-order chi connectivity index (χ0) is 15.3. The molecule has 0 saturated heterocycles. The minimum Gasteiger partial charge on any atom is -0.368 e. The average molecular weight is 286 g/mol. The molecule has 108 valence electrons. The molecule has 4 nitrogen and oxygen atoms in total. The standard InChI is InChI=1S/C13H13F3N2O2/c1-2-10(12(17)20)18-7-3-4-9(8-11(18)19)5-6-13(14,15)16/h3-4,7,10H,2,8H2,1H3,(H2,17,20). The highest BCUT2D eigenvalue weighted by atomic mass is 19.4. The van der Waals surface area contributed by atoms with Gasteiger partial charge >= 0.3 is 6.18 Å². The molecule has 1 rings (SSSR count). The predicted molar refractivity (Wildman–Crippen MR) is 65.8 cm³/mol. The topological polar surface area (TPSA) is 63.4 Å². The zero-order valence-corrected chi connectivity index (χ0v) is 10.7. The quantitative estimate of drug-likeness (QED) is 0.799. The second kappa shape index (κ2) is 6.28. The summed E-state index contributed by atoms with van der Waals surface area (Å²) in [6.45, 7) is 1.68. The SMILES string of the molecule is CCC(C(N)=O)N1C=CC=C(C#CC(F)(F)F)CC1=O. The van der Waals surface area contributed by atoms with Gasteiger partial charge in [0.2, 0.25) is 11.8 Å². The number of nitrogens with zero attached hydrogens (tertiary/aromatic N) is 1. The molecule has 1 aliphatic rings. The van der Waals surface area contributed by atoms with Crippen molar-refractivity contribution in [1.29, 1.82) is 0 Å². The third-order valence-electron chi connectivity index (χ3n) is 2.59. The van der Waals surface area contributed by atoms with Crippen LogP contribution in [0.5, 0.6) is 0 Å². The molecule has 20 heavy (non-hydrogen) atoms. The number of amides is 2. The summed E-state index contributed by atoms with van der Waals surface area (Å²) in [6, 6.07) is -0.818. The Morgan fingerprint density at radius 1 is 1.55 bits per heavy atom. The fraction of sp³-hybridized carbons (Fsp3) is 0.385. The number of hydrogen-bond donors (Lipinski definition) is 1. The Morgan fingerprint density at radius 3 is 2.70 bits per heavy atom. The van der Waals surface area contributed by atoms with Gasteiger partial charge in [0.1, 0.15) is 6.04 Å². The number of allylic oxidation sites excluding steroid dienone is 2. The highest BCUT2D eigenvalue weighted by Gasteiger charge is 2.27. The second-order valence-corrected chi connectivity index (χ2v) is 4.09. The minimum atomic E-state index is -4.61. The molecule has 0 fully saturated rings. The molecule has 0 aromatic heterocycles. The maximum absolute atomic E-state index is 12.0. The first-order valence-electron chi connectivity index (χ1n) is 5.82. The van der Waals surface area contributed by atoms with E-state index in [0.717, 1.165) is 10.8 Å². The first kappa shape index (κ1) is 15.8. The van der Waals surface area contributed by atoms with Crippen LogP contribution in [-0.4, -0.2) is 28.9 Å². The Hall–Kier alpha value is -2.23. The molecule has 1 unspecified atom stereocenters. The molecule has 0 aromatic carbocycles. The highest BCUT2D eigenvalue weighted by molar-refractivity contribution is 5.89. The maximum atomic E-state index is 12.0. The average Bonchev–Trinajstić information content (AvgIpc) is 2.49. The first-order chi connectivity index (χ1) is 9.24. The lowest BCUT2D eigenvalue weighted by atomic mass is 10.1. The Kier molecular flexibility index (Phi) is 4.97. The van der Waals surface area contributed by atoms with Gasteiger partial charge in [-0.3, -0.25) is 9.59 Å². The summed E-state index contributed by atoms with van der Waals surface area (Å²) in [7, 11) is 0. The zero-order valence-electron chi connectivity index (χ0n) is 10.7. The van der Waals surface area contributed by atoms with Gasteiger partial charge < -0.3 is 10.6 Å². The van der Waals surface area contributed by atoms with Gasteiger partial charge in [-0.2, -0.15) is 13.2 Å². The van der Waals surface area contributed by atoms with Gasteiger partial charge in [0.05, 0.1) is 6.42 Å². The van der Waals surface area contributed by atoms with Crippen molar-refractivity contribution in [3.05, 3.63) is 23.9 Å². The van der Waals surface area contributed by atoms with Crippen LogP contribution in [-0.2, 0) is 9.59 Å². The van der Waals surface area contributed by atoms with Crippen molar-refractivity contribution >= 4 is 11.8 Å². The number of rotatable bonds is 3. The number of carbonyl (C=O) groups excluding carboxylic acids is 2. The summed E-state index contributed by atoms with van der Waals surface area (Å²) >= 11 is 0. The number of hydrogen-bond acceptors (Lipinski definition) is 2. The van der Waals surface area contributed by atoms with E-state index >= 15 is 0 Å². The van der Waals surface area contributed by atoms with E-state index in [1.54, 1.807) is 6.92 Å². The maximum Gasteiger partial charge on any atom is 0.458 e. The predicted octanol–water partition coefficient (Wildman–Crippen LogP) is 1.49. The lowest BCUT2D eigenvalue weighted by molar-refractivity contribution is -0.135. The van der Waals surface area contributed by atoms with Crippen LogP contribution in [0.4, 0.5) is 13.2 Å². The van der Waals surface area contributed by atoms with Crippen molar-refractivity contribution in [2.24, 2.45) is 5.73 Å². The Bertz CT molecular complexity index is 524. The lowest BCUT2D eigenvalue weighted by Crippen LogP contribution is -2.44. The normalized spacial score (nSPS) is 16.9. The van der Waals surface area contributed by atoms with Crippen LogP contribution in [0.3, 0.4) is 0 Å². The van der Waals surface area contributed by atoms with Gasteiger partial charge in [-0.25, -0.2) is 0 Å². The van der Waals surface area contributed by atoms with Crippen molar-refractivity contribution in [2.45, 2.75) is 32.0 Å². The van der Waals surface area contributed by atoms with Gasteiger partial charge in [0.15, 0.2) is 0 Å². The van der Waals surface area contributed by atoms with Crippen LogP contribution in [0.15, 0.2) is 23.9 Å². The molecule has 0 radical (unpaired) electrons. The summed E-state index contributed by atoms with van der Waals surface area (Å²) in [6.07, 6.45) is -0.599. The minimum absolute atomic E-state index is 0.0328. The number of nitrogens with two attached hydrogens (primary N) is 1. The van der Waals surface area contributed by atoms with E-state index in [2.05, 4.69) is 0 Å². The molecular weight excluding hydrogens is 273 g/mol. The van der Waals surface area contributed by atoms with Gasteiger partial charge in [-0.1, -0.05) is 12.8 Å². The molecule has 0 spiro atoms. The summed E-state index contributed by atoms with van der Waals surface area (Å²) < 4.78 is 36.0. The van der Waals surface area contributed by atoms with Crippen LogP contribution in [0.25, 0.3) is 0 Å². The second-order valence-electron chi connectivity index (χ2n) is 4.09. The van der Waals surface area contributed by atoms with E-state index in [-0.39, 0.29) is 12.0 Å². The molecule has 7 heteroatoms. The van der Waals surface area contributed by atoms with Gasteiger partial charge in [-0.15, -0.1) is 0 Å². The third-order valence-corrected chi connectivity index (χ3v) is 2.59. The largest absolute Gasteiger partial charge is 0.458 e. The molecular formula is C13H13F3N2O2. The van der Waals surface area contributed by atoms with Crippen molar-refractivity contribution in [2.75, 3.05) is 0 Å². The highest BCUT2D eigenvalue weighted by Crippen LogP contribution is 2.17. The fourth-order valence-electron chi connectivity index (χ4n) is 1.70. The van der Waals surface area contributed by atoms with Crippen molar-refractivity contribution in [1.82, 2.24) is 4.90 Å². The molecule has 1 aliphatic heterocycles. The summed E-state index contributed by atoms with van der Waals surface area (Å²) in [5.41, 5.74) is 5.21. The smallest absolute Gasteiger partial charge is 0.368 e. The molecule has 1 heterocycles. The molecule has 2 N–H and O–H groups in total. The number of carbonyl (C=O) groups is 2. The summed E-state index contributed by atoms with van der Waals surface area (Å²) in [5, 5.41) is 0. The van der Waals surface area contributed by atoms with Gasteiger partial charge in [0.25, 0.3) is 0 Å². The molecule has 0 bridgehead atoms. The molecule has 2 amide bonds. The lowest BCUT2D eigenvalue weighted by Gasteiger charge is -2.24. The van der Waals surface area contributed by atoms with E-state index in [1.165, 1.54) is 18.4 Å². The number of primary amides is 1. The van der Waals surface area contributed by atoms with E-state index in [0.29, 0.717) is 6.42 Å². The third kappa shape index (κ3) is 4.46. The first-order valence-corrected chi connectivity index (χ1v) is 5.82. The summed E-state index contributed by atoms with van der Waals surface area (Å²) in [4.78, 5) is 24.3. The Morgan fingerprint density at radius 2 is 2.20 bits per heavy atom. The molecule has 0 saturated carbocycles. The van der Waals surface area contributed by atoms with E-state index < -0.39 is 24.0 Å². The Labute approximate surface area is 114 Å². The van der Waals surface area contributed by atoms with Crippen LogP contribution in [0, 0.1) is 11.8 Å². The van der Waals surface area contributed by atoms with Crippen LogP contribution in [0.2, 0.25) is 0 Å². The molecule has 1 atom stereocenters.